The van der Waals surface area contributed by atoms with Crippen LogP contribution in [0.2, 0.25) is 0 Å². The molecule has 0 saturated heterocycles. The Labute approximate surface area is 123 Å². The maximum Gasteiger partial charge on any atom is 0.194 e. The Kier molecular flexibility index (Phi) is 4.93. The van der Waals surface area contributed by atoms with Crippen molar-refractivity contribution in [3.05, 3.63) is 23.8 Å². The number of rotatable bonds is 4. The minimum absolute atomic E-state index is 0.120. The topological polar surface area (TPSA) is 68.3 Å². The second kappa shape index (κ2) is 5.60. The lowest BCUT2D eigenvalue weighted by molar-refractivity contribution is 0.592. The van der Waals surface area contributed by atoms with Gasteiger partial charge in [-0.05, 0) is 44.5 Å². The van der Waals surface area contributed by atoms with Crippen LogP contribution in [0.3, 0.4) is 0 Å². The molecule has 0 radical (unpaired) electrons. The summed E-state index contributed by atoms with van der Waals surface area (Å²) < 4.78 is 45.6. The Balaban J connectivity index is 3.56. The van der Waals surface area contributed by atoms with Gasteiger partial charge in [0.05, 0.1) is 9.79 Å². The highest BCUT2D eigenvalue weighted by molar-refractivity contribution is 7.94. The van der Waals surface area contributed by atoms with Crippen molar-refractivity contribution in [3.8, 4) is 0 Å². The van der Waals surface area contributed by atoms with Crippen LogP contribution in [0.25, 0.3) is 0 Å². The van der Waals surface area contributed by atoms with E-state index in [1.165, 1.54) is 26.0 Å². The summed E-state index contributed by atoms with van der Waals surface area (Å²) in [7, 11) is -7.50. The summed E-state index contributed by atoms with van der Waals surface area (Å²) in [5.41, 5.74) is 0.509. The number of hydrogen-bond acceptors (Lipinski definition) is 4. The Bertz CT molecular complexity index is 620. The van der Waals surface area contributed by atoms with Crippen molar-refractivity contribution in [2.75, 3.05) is 0 Å². The van der Waals surface area contributed by atoms with Crippen molar-refractivity contribution in [2.45, 2.75) is 40.0 Å². The molecule has 0 aliphatic carbocycles. The van der Waals surface area contributed by atoms with Crippen LogP contribution in [-0.2, 0) is 19.7 Å². The molecule has 0 amide bonds. The second-order valence-electron chi connectivity index (χ2n) is 4.16. The van der Waals surface area contributed by atoms with Crippen LogP contribution in [-0.4, -0.2) is 26.3 Å². The number of sulfone groups is 2. The fraction of sp³-hybridized carbons (Fsp3) is 0.455. The van der Waals surface area contributed by atoms with E-state index in [-0.39, 0.29) is 9.79 Å². The molecule has 2 unspecified atom stereocenters. The molecule has 1 rings (SSSR count). The van der Waals surface area contributed by atoms with Gasteiger partial charge in [-0.3, -0.25) is 0 Å². The van der Waals surface area contributed by atoms with Crippen LogP contribution < -0.4 is 0 Å². The summed E-state index contributed by atoms with van der Waals surface area (Å²) in [5.74, 6) is 0. The van der Waals surface area contributed by atoms with Crippen LogP contribution in [0.1, 0.15) is 19.4 Å². The van der Waals surface area contributed by atoms with Crippen LogP contribution in [0.4, 0.5) is 0 Å². The molecule has 0 bridgehead atoms. The average Bonchev–Trinajstić information content (AvgIpc) is 2.27. The Morgan fingerprint density at radius 3 is 1.42 bits per heavy atom. The van der Waals surface area contributed by atoms with Crippen molar-refractivity contribution in [3.63, 3.8) is 0 Å². The molecule has 8 heteroatoms. The molecule has 4 nitrogen and oxygen atoms in total. The lowest BCUT2D eigenvalue weighted by atomic mass is 10.2. The number of benzene rings is 1. The predicted octanol–water partition coefficient (Wildman–Crippen LogP) is 2.71. The third-order valence-corrected chi connectivity index (χ3v) is 7.44. The second-order valence-corrected chi connectivity index (χ2v) is 10.5. The summed E-state index contributed by atoms with van der Waals surface area (Å²) in [6.07, 6.45) is 0. The lowest BCUT2D eigenvalue weighted by Gasteiger charge is -2.11. The normalized spacial score (nSPS) is 16.1. The fourth-order valence-electron chi connectivity index (χ4n) is 1.42. The summed E-state index contributed by atoms with van der Waals surface area (Å²) in [6.45, 7) is 4.24. The molecule has 0 N–H and O–H groups in total. The zero-order valence-electron chi connectivity index (χ0n) is 10.6. The van der Waals surface area contributed by atoms with E-state index in [1.807, 2.05) is 0 Å². The van der Waals surface area contributed by atoms with Crippen molar-refractivity contribution in [1.29, 1.82) is 0 Å². The van der Waals surface area contributed by atoms with Gasteiger partial charge in [0.25, 0.3) is 0 Å². The van der Waals surface area contributed by atoms with E-state index in [2.05, 4.69) is 0 Å². The monoisotopic (exact) mass is 344 g/mol. The molecular weight excluding hydrogens is 331 g/mol. The van der Waals surface area contributed by atoms with Crippen LogP contribution in [0.15, 0.2) is 28.0 Å². The van der Waals surface area contributed by atoms with E-state index in [0.717, 1.165) is 6.07 Å². The first-order chi connectivity index (χ1) is 8.49. The minimum atomic E-state index is -3.75. The number of aryl methyl sites for hydroxylation is 1. The van der Waals surface area contributed by atoms with E-state index < -0.39 is 29.1 Å². The quantitative estimate of drug-likeness (QED) is 0.787. The summed E-state index contributed by atoms with van der Waals surface area (Å²) in [6, 6.07) is 3.85. The largest absolute Gasteiger partial charge is 0.222 e. The fourth-order valence-corrected chi connectivity index (χ4v) is 4.14. The molecule has 108 valence electrons. The maximum absolute atomic E-state index is 12.0. The highest BCUT2D eigenvalue weighted by Crippen LogP contribution is 2.26. The summed E-state index contributed by atoms with van der Waals surface area (Å²) in [5, 5.41) is 0. The molecule has 0 aliphatic rings. The molecule has 1 aromatic rings. The zero-order chi connectivity index (χ0) is 15.0. The Morgan fingerprint density at radius 2 is 1.16 bits per heavy atom. The Hall–Kier alpha value is -0.300. The van der Waals surface area contributed by atoms with Crippen LogP contribution >= 0.6 is 23.2 Å². The van der Waals surface area contributed by atoms with E-state index >= 15 is 0 Å². The molecule has 2 atom stereocenters. The summed E-state index contributed by atoms with van der Waals surface area (Å²) >= 11 is 11.2. The predicted molar refractivity (Wildman–Crippen MR) is 76.2 cm³/mol. The standard InChI is InChI=1S/C11H14Cl2O4S2/c1-7-4-10(18(14,15)8(2)12)6-11(5-7)19(16,17)9(3)13/h4-6,8-9H,1-3H3. The van der Waals surface area contributed by atoms with Gasteiger partial charge in [0.15, 0.2) is 19.7 Å². The zero-order valence-corrected chi connectivity index (χ0v) is 13.7. The van der Waals surface area contributed by atoms with Crippen molar-refractivity contribution >= 4 is 42.9 Å². The third kappa shape index (κ3) is 3.42. The Morgan fingerprint density at radius 1 is 0.842 bits per heavy atom. The van der Waals surface area contributed by atoms with Crippen molar-refractivity contribution < 1.29 is 16.8 Å². The van der Waals surface area contributed by atoms with Gasteiger partial charge in [0.2, 0.25) is 0 Å². The van der Waals surface area contributed by atoms with Gasteiger partial charge in [-0.1, -0.05) is 0 Å². The van der Waals surface area contributed by atoms with Gasteiger partial charge >= 0.3 is 0 Å². The van der Waals surface area contributed by atoms with Gasteiger partial charge < -0.3 is 0 Å². The van der Waals surface area contributed by atoms with Gasteiger partial charge in [0.1, 0.15) is 9.42 Å². The molecular formula is C11H14Cl2O4S2. The van der Waals surface area contributed by atoms with Gasteiger partial charge in [-0.15, -0.1) is 23.2 Å². The van der Waals surface area contributed by atoms with Crippen molar-refractivity contribution in [2.24, 2.45) is 0 Å². The van der Waals surface area contributed by atoms with E-state index in [0.29, 0.717) is 5.56 Å². The average molecular weight is 345 g/mol. The lowest BCUT2D eigenvalue weighted by Crippen LogP contribution is -2.15. The first kappa shape index (κ1) is 16.8. The van der Waals surface area contributed by atoms with Crippen molar-refractivity contribution in [1.82, 2.24) is 0 Å². The van der Waals surface area contributed by atoms with E-state index in [4.69, 9.17) is 23.2 Å². The maximum atomic E-state index is 12.0. The van der Waals surface area contributed by atoms with Gasteiger partial charge in [-0.25, -0.2) is 16.8 Å². The summed E-state index contributed by atoms with van der Waals surface area (Å²) in [4.78, 5) is -0.239. The van der Waals surface area contributed by atoms with E-state index in [1.54, 1.807) is 6.92 Å². The third-order valence-electron chi connectivity index (χ3n) is 2.54. The first-order valence-electron chi connectivity index (χ1n) is 5.37. The van der Waals surface area contributed by atoms with Crippen LogP contribution in [0, 0.1) is 6.92 Å². The van der Waals surface area contributed by atoms with Gasteiger partial charge in [0, 0.05) is 0 Å². The molecule has 1 aromatic carbocycles. The molecule has 0 aliphatic heterocycles. The highest BCUT2D eigenvalue weighted by Gasteiger charge is 2.26. The molecule has 0 heterocycles. The number of hydrogen-bond donors (Lipinski definition) is 0. The highest BCUT2D eigenvalue weighted by atomic mass is 35.5. The molecule has 0 spiro atoms. The van der Waals surface area contributed by atoms with E-state index in [9.17, 15) is 16.8 Å². The molecule has 19 heavy (non-hydrogen) atoms. The number of halogens is 2. The SMILES string of the molecule is Cc1cc(S(=O)(=O)C(C)Cl)cc(S(=O)(=O)C(C)Cl)c1. The molecule has 0 saturated carbocycles. The molecule has 0 aromatic heterocycles. The molecule has 0 fully saturated rings. The van der Waals surface area contributed by atoms with Gasteiger partial charge in [-0.2, -0.15) is 0 Å². The number of alkyl halides is 2. The van der Waals surface area contributed by atoms with Crippen LogP contribution in [0.5, 0.6) is 0 Å². The first-order valence-corrected chi connectivity index (χ1v) is 9.34. The smallest absolute Gasteiger partial charge is 0.194 e. The minimum Gasteiger partial charge on any atom is -0.222 e.